The number of nitrogens with one attached hydrogen (secondary N) is 1. The number of aryl methyl sites for hydroxylation is 1. The fourth-order valence-corrected chi connectivity index (χ4v) is 2.84. The Morgan fingerprint density at radius 2 is 1.74 bits per heavy atom. The van der Waals surface area contributed by atoms with Gasteiger partial charge in [-0.1, -0.05) is 32.0 Å². The number of piperidine rings is 1. The number of hydrogen-bond acceptors (Lipinski definition) is 2. The van der Waals surface area contributed by atoms with Crippen LogP contribution < -0.4 is 5.32 Å². The fraction of sp³-hybridized carbons (Fsp3) is 0.579. The van der Waals surface area contributed by atoms with E-state index >= 15 is 0 Å². The first kappa shape index (κ1) is 17.5. The molecule has 126 valence electrons. The molecule has 1 aliphatic rings. The Balaban J connectivity index is 1.90. The minimum atomic E-state index is 0.0251. The fourth-order valence-electron chi connectivity index (χ4n) is 2.84. The summed E-state index contributed by atoms with van der Waals surface area (Å²) in [7, 11) is 0. The largest absolute Gasteiger partial charge is 0.353 e. The predicted octanol–water partition coefficient (Wildman–Crippen LogP) is 3.01. The number of carbonyl (C=O) groups is 2. The summed E-state index contributed by atoms with van der Waals surface area (Å²) in [6.07, 6.45) is 1.49. The minimum absolute atomic E-state index is 0.0251. The molecule has 1 atom stereocenters. The maximum atomic E-state index is 12.6. The Labute approximate surface area is 139 Å². The van der Waals surface area contributed by atoms with Crippen molar-refractivity contribution in [2.45, 2.75) is 46.6 Å². The van der Waals surface area contributed by atoms with Gasteiger partial charge in [-0.2, -0.15) is 0 Å². The van der Waals surface area contributed by atoms with E-state index in [9.17, 15) is 9.59 Å². The molecule has 1 aromatic rings. The van der Waals surface area contributed by atoms with Crippen LogP contribution in [0.2, 0.25) is 0 Å². The van der Waals surface area contributed by atoms with Crippen LogP contribution in [0, 0.1) is 18.8 Å². The van der Waals surface area contributed by atoms with Crippen LogP contribution in [0.5, 0.6) is 0 Å². The summed E-state index contributed by atoms with van der Waals surface area (Å²) in [4.78, 5) is 26.8. The maximum Gasteiger partial charge on any atom is 0.254 e. The second-order valence-electron chi connectivity index (χ2n) is 6.92. The molecule has 1 unspecified atom stereocenters. The SMILES string of the molecule is Cc1ccccc1C(=O)N1CCC(C(=O)NC(C)C(C)C)CC1. The van der Waals surface area contributed by atoms with Gasteiger partial charge in [0.1, 0.15) is 0 Å². The Hall–Kier alpha value is -1.84. The lowest BCUT2D eigenvalue weighted by atomic mass is 9.94. The summed E-state index contributed by atoms with van der Waals surface area (Å²) < 4.78 is 0. The van der Waals surface area contributed by atoms with Gasteiger partial charge in [-0.05, 0) is 44.2 Å². The molecule has 0 aromatic heterocycles. The molecule has 0 radical (unpaired) electrons. The Morgan fingerprint density at radius 3 is 2.30 bits per heavy atom. The van der Waals surface area contributed by atoms with Crippen molar-refractivity contribution in [3.8, 4) is 0 Å². The van der Waals surface area contributed by atoms with Gasteiger partial charge < -0.3 is 10.2 Å². The van der Waals surface area contributed by atoms with Gasteiger partial charge in [0.25, 0.3) is 5.91 Å². The molecule has 1 aromatic carbocycles. The zero-order chi connectivity index (χ0) is 17.0. The summed E-state index contributed by atoms with van der Waals surface area (Å²) >= 11 is 0. The first-order valence-corrected chi connectivity index (χ1v) is 8.55. The van der Waals surface area contributed by atoms with E-state index in [1.165, 1.54) is 0 Å². The Bertz CT molecular complexity index is 560. The van der Waals surface area contributed by atoms with E-state index in [0.717, 1.165) is 24.0 Å². The number of carbonyl (C=O) groups excluding carboxylic acids is 2. The standard InChI is InChI=1S/C19H28N2O2/c1-13(2)15(4)20-18(22)16-9-11-21(12-10-16)19(23)17-8-6-5-7-14(17)3/h5-8,13,15-16H,9-12H2,1-4H3,(H,20,22). The molecule has 1 aliphatic heterocycles. The molecule has 1 saturated heterocycles. The number of amides is 2. The Kier molecular flexibility index (Phi) is 5.80. The van der Waals surface area contributed by atoms with Crippen molar-refractivity contribution in [2.75, 3.05) is 13.1 Å². The summed E-state index contributed by atoms with van der Waals surface area (Å²) in [6.45, 7) is 9.52. The topological polar surface area (TPSA) is 49.4 Å². The summed E-state index contributed by atoms with van der Waals surface area (Å²) in [6, 6.07) is 7.86. The van der Waals surface area contributed by atoms with Crippen molar-refractivity contribution in [3.63, 3.8) is 0 Å². The summed E-state index contributed by atoms with van der Waals surface area (Å²) in [5, 5.41) is 3.09. The predicted molar refractivity (Wildman–Crippen MR) is 92.2 cm³/mol. The van der Waals surface area contributed by atoms with Crippen molar-refractivity contribution < 1.29 is 9.59 Å². The number of likely N-dealkylation sites (tertiary alicyclic amines) is 1. The molecule has 1 fully saturated rings. The lowest BCUT2D eigenvalue weighted by Gasteiger charge is -2.32. The van der Waals surface area contributed by atoms with E-state index < -0.39 is 0 Å². The van der Waals surface area contributed by atoms with Crippen LogP contribution in [0.15, 0.2) is 24.3 Å². The van der Waals surface area contributed by atoms with Gasteiger partial charge in [-0.25, -0.2) is 0 Å². The first-order chi connectivity index (χ1) is 10.9. The van der Waals surface area contributed by atoms with Crippen LogP contribution in [0.25, 0.3) is 0 Å². The molecule has 0 aliphatic carbocycles. The Morgan fingerprint density at radius 1 is 1.13 bits per heavy atom. The van der Waals surface area contributed by atoms with E-state index in [2.05, 4.69) is 19.2 Å². The van der Waals surface area contributed by atoms with Crippen molar-refractivity contribution in [2.24, 2.45) is 11.8 Å². The molecular weight excluding hydrogens is 288 g/mol. The van der Waals surface area contributed by atoms with E-state index in [-0.39, 0.29) is 23.8 Å². The number of rotatable bonds is 4. The molecule has 0 saturated carbocycles. The lowest BCUT2D eigenvalue weighted by molar-refractivity contribution is -0.127. The zero-order valence-electron chi connectivity index (χ0n) is 14.6. The van der Waals surface area contributed by atoms with Crippen molar-refractivity contribution in [1.82, 2.24) is 10.2 Å². The van der Waals surface area contributed by atoms with Crippen LogP contribution in [0.4, 0.5) is 0 Å². The van der Waals surface area contributed by atoms with E-state index in [4.69, 9.17) is 0 Å². The highest BCUT2D eigenvalue weighted by atomic mass is 16.2. The molecule has 2 rings (SSSR count). The van der Waals surface area contributed by atoms with Crippen LogP contribution in [-0.2, 0) is 4.79 Å². The summed E-state index contributed by atoms with van der Waals surface area (Å²) in [5.41, 5.74) is 1.77. The molecule has 4 nitrogen and oxygen atoms in total. The molecule has 1 N–H and O–H groups in total. The quantitative estimate of drug-likeness (QED) is 0.928. The third-order valence-electron chi connectivity index (χ3n) is 4.90. The molecule has 1 heterocycles. The van der Waals surface area contributed by atoms with Crippen LogP contribution in [0.1, 0.15) is 49.5 Å². The summed E-state index contributed by atoms with van der Waals surface area (Å²) in [5.74, 6) is 0.672. The lowest BCUT2D eigenvalue weighted by Crippen LogP contribution is -2.45. The maximum absolute atomic E-state index is 12.6. The van der Waals surface area contributed by atoms with Crippen LogP contribution in [-0.4, -0.2) is 35.8 Å². The third kappa shape index (κ3) is 4.34. The average molecular weight is 316 g/mol. The third-order valence-corrected chi connectivity index (χ3v) is 4.90. The molecule has 23 heavy (non-hydrogen) atoms. The van der Waals surface area contributed by atoms with Gasteiger partial charge in [0.2, 0.25) is 5.91 Å². The first-order valence-electron chi connectivity index (χ1n) is 8.55. The monoisotopic (exact) mass is 316 g/mol. The highest BCUT2D eigenvalue weighted by Gasteiger charge is 2.29. The second-order valence-corrected chi connectivity index (χ2v) is 6.92. The van der Waals surface area contributed by atoms with Gasteiger partial charge in [-0.3, -0.25) is 9.59 Å². The van der Waals surface area contributed by atoms with Crippen LogP contribution >= 0.6 is 0 Å². The number of nitrogens with zero attached hydrogens (tertiary/aromatic N) is 1. The van der Waals surface area contributed by atoms with E-state index in [0.29, 0.717) is 19.0 Å². The van der Waals surface area contributed by atoms with Gasteiger partial charge >= 0.3 is 0 Å². The molecule has 0 bridgehead atoms. The molecule has 0 spiro atoms. The number of hydrogen-bond donors (Lipinski definition) is 1. The van der Waals surface area contributed by atoms with Gasteiger partial charge in [0.15, 0.2) is 0 Å². The number of benzene rings is 1. The molecule has 2 amide bonds. The van der Waals surface area contributed by atoms with Crippen LogP contribution in [0.3, 0.4) is 0 Å². The second kappa shape index (κ2) is 7.62. The van der Waals surface area contributed by atoms with Gasteiger partial charge in [0.05, 0.1) is 0 Å². The van der Waals surface area contributed by atoms with Gasteiger partial charge in [0, 0.05) is 30.6 Å². The minimum Gasteiger partial charge on any atom is -0.353 e. The van der Waals surface area contributed by atoms with Crippen molar-refractivity contribution in [1.29, 1.82) is 0 Å². The van der Waals surface area contributed by atoms with Crippen molar-refractivity contribution in [3.05, 3.63) is 35.4 Å². The highest BCUT2D eigenvalue weighted by Crippen LogP contribution is 2.21. The van der Waals surface area contributed by atoms with E-state index in [1.807, 2.05) is 43.0 Å². The average Bonchev–Trinajstić information content (AvgIpc) is 2.54. The zero-order valence-corrected chi connectivity index (χ0v) is 14.6. The smallest absolute Gasteiger partial charge is 0.254 e. The molecular formula is C19H28N2O2. The van der Waals surface area contributed by atoms with Crippen molar-refractivity contribution >= 4 is 11.8 Å². The van der Waals surface area contributed by atoms with Gasteiger partial charge in [-0.15, -0.1) is 0 Å². The van der Waals surface area contributed by atoms with E-state index in [1.54, 1.807) is 0 Å². The normalized spacial score (nSPS) is 17.2. The molecule has 4 heteroatoms. The highest BCUT2D eigenvalue weighted by molar-refractivity contribution is 5.95.